The maximum absolute atomic E-state index is 13.7. The second-order valence-electron chi connectivity index (χ2n) is 6.60. The van der Waals surface area contributed by atoms with E-state index in [4.69, 9.17) is 0 Å². The number of halogens is 2. The zero-order valence-electron chi connectivity index (χ0n) is 15.3. The molecule has 0 unspecified atom stereocenters. The van der Waals surface area contributed by atoms with E-state index < -0.39 is 21.7 Å². The Balaban J connectivity index is 1.80. The lowest BCUT2D eigenvalue weighted by molar-refractivity contribution is 0.504. The van der Waals surface area contributed by atoms with Crippen LogP contribution in [-0.2, 0) is 16.6 Å². The summed E-state index contributed by atoms with van der Waals surface area (Å²) in [5, 5.41) is 2.04. The van der Waals surface area contributed by atoms with Crippen LogP contribution in [0.25, 0.3) is 10.8 Å². The molecule has 4 aromatic rings. The molecule has 0 aliphatic carbocycles. The van der Waals surface area contributed by atoms with Crippen molar-refractivity contribution in [3.8, 4) is 0 Å². The molecule has 4 aromatic carbocycles. The van der Waals surface area contributed by atoms with Gasteiger partial charge in [-0.2, -0.15) is 0 Å². The van der Waals surface area contributed by atoms with E-state index in [1.54, 1.807) is 30.3 Å². The molecule has 0 heterocycles. The first-order valence-electron chi connectivity index (χ1n) is 8.96. The topological polar surface area (TPSA) is 37.4 Å². The Bertz CT molecular complexity index is 1270. The van der Waals surface area contributed by atoms with Gasteiger partial charge in [0.1, 0.15) is 0 Å². The monoisotopic (exact) mass is 409 g/mol. The first-order chi connectivity index (χ1) is 13.9. The van der Waals surface area contributed by atoms with Crippen LogP contribution >= 0.6 is 0 Å². The van der Waals surface area contributed by atoms with E-state index in [1.165, 1.54) is 4.31 Å². The van der Waals surface area contributed by atoms with E-state index in [0.717, 1.165) is 28.5 Å². The van der Waals surface area contributed by atoms with Crippen LogP contribution in [0.15, 0.2) is 95.9 Å². The van der Waals surface area contributed by atoms with Gasteiger partial charge in [0.05, 0.1) is 17.1 Å². The molecule has 146 valence electrons. The van der Waals surface area contributed by atoms with Gasteiger partial charge >= 0.3 is 0 Å². The molecule has 0 atom stereocenters. The van der Waals surface area contributed by atoms with Gasteiger partial charge in [0.2, 0.25) is 0 Å². The second kappa shape index (κ2) is 7.64. The smallest absolute Gasteiger partial charge is 0.262 e. The quantitative estimate of drug-likeness (QED) is 0.436. The second-order valence-corrected chi connectivity index (χ2v) is 8.47. The number of para-hydroxylation sites is 1. The van der Waals surface area contributed by atoms with Crippen molar-refractivity contribution >= 4 is 26.5 Å². The van der Waals surface area contributed by atoms with Gasteiger partial charge in [-0.05, 0) is 52.7 Å². The van der Waals surface area contributed by atoms with E-state index in [2.05, 4.69) is 0 Å². The summed E-state index contributed by atoms with van der Waals surface area (Å²) in [4.78, 5) is -0.305. The average molecular weight is 409 g/mol. The Morgan fingerprint density at radius 2 is 1.38 bits per heavy atom. The van der Waals surface area contributed by atoms with Gasteiger partial charge in [-0.1, -0.05) is 54.6 Å². The maximum Gasteiger partial charge on any atom is 0.264 e. The molecule has 0 amide bonds. The van der Waals surface area contributed by atoms with Crippen molar-refractivity contribution in [1.29, 1.82) is 0 Å². The van der Waals surface area contributed by atoms with Crippen LogP contribution in [0.4, 0.5) is 14.5 Å². The zero-order chi connectivity index (χ0) is 20.4. The minimum Gasteiger partial charge on any atom is -0.262 e. The molecule has 0 saturated carbocycles. The predicted octanol–water partition coefficient (Wildman–Crippen LogP) is 5.51. The first-order valence-corrected chi connectivity index (χ1v) is 10.4. The van der Waals surface area contributed by atoms with Crippen LogP contribution in [0.3, 0.4) is 0 Å². The third kappa shape index (κ3) is 3.84. The minimum absolute atomic E-state index is 0.0518. The highest BCUT2D eigenvalue weighted by Crippen LogP contribution is 2.27. The Hall–Kier alpha value is -3.25. The van der Waals surface area contributed by atoms with E-state index >= 15 is 0 Å². The third-order valence-corrected chi connectivity index (χ3v) is 6.43. The van der Waals surface area contributed by atoms with Gasteiger partial charge in [0.15, 0.2) is 11.6 Å². The summed E-state index contributed by atoms with van der Waals surface area (Å²) in [5.41, 5.74) is 1.21. The highest BCUT2D eigenvalue weighted by atomic mass is 32.2. The van der Waals surface area contributed by atoms with Crippen molar-refractivity contribution in [2.75, 3.05) is 4.31 Å². The summed E-state index contributed by atoms with van der Waals surface area (Å²) in [7, 11) is -4.12. The van der Waals surface area contributed by atoms with Crippen molar-refractivity contribution < 1.29 is 17.2 Å². The zero-order valence-corrected chi connectivity index (χ0v) is 16.1. The highest BCUT2D eigenvalue weighted by Gasteiger charge is 2.26. The molecule has 0 N–H and O–H groups in total. The molecule has 29 heavy (non-hydrogen) atoms. The molecule has 0 aromatic heterocycles. The first kappa shape index (κ1) is 19.1. The summed E-state index contributed by atoms with van der Waals surface area (Å²) < 4.78 is 54.8. The lowest BCUT2D eigenvalue weighted by Gasteiger charge is -2.25. The van der Waals surface area contributed by atoms with Crippen molar-refractivity contribution in [2.45, 2.75) is 11.4 Å². The van der Waals surface area contributed by atoms with Crippen LogP contribution in [0.5, 0.6) is 0 Å². The number of benzene rings is 4. The number of nitrogens with zero attached hydrogens (tertiary/aromatic N) is 1. The van der Waals surface area contributed by atoms with Gasteiger partial charge in [0, 0.05) is 0 Å². The fraction of sp³-hybridized carbons (Fsp3) is 0.0435. The van der Waals surface area contributed by atoms with Crippen LogP contribution in [0.1, 0.15) is 5.56 Å². The van der Waals surface area contributed by atoms with Crippen LogP contribution < -0.4 is 4.31 Å². The SMILES string of the molecule is O=S(=O)(c1ccc(F)c(F)c1)N(Cc1ccc2ccccc2c1)c1ccccc1. The van der Waals surface area contributed by atoms with Crippen LogP contribution in [-0.4, -0.2) is 8.42 Å². The molecule has 0 saturated heterocycles. The molecule has 0 radical (unpaired) electrons. The Morgan fingerprint density at radius 1 is 0.690 bits per heavy atom. The maximum atomic E-state index is 13.7. The van der Waals surface area contributed by atoms with Crippen molar-refractivity contribution in [3.63, 3.8) is 0 Å². The van der Waals surface area contributed by atoms with Crippen LogP contribution in [0.2, 0.25) is 0 Å². The Kier molecular flexibility index (Phi) is 5.03. The number of fused-ring (bicyclic) bond motifs is 1. The molecular formula is C23H17F2NO2S. The van der Waals surface area contributed by atoms with Gasteiger partial charge < -0.3 is 0 Å². The highest BCUT2D eigenvalue weighted by molar-refractivity contribution is 7.92. The number of rotatable bonds is 5. The minimum atomic E-state index is -4.12. The normalized spacial score (nSPS) is 11.5. The fourth-order valence-electron chi connectivity index (χ4n) is 3.18. The third-order valence-electron chi connectivity index (χ3n) is 4.66. The van der Waals surface area contributed by atoms with E-state index in [1.807, 2.05) is 42.5 Å². The van der Waals surface area contributed by atoms with Gasteiger partial charge in [-0.25, -0.2) is 17.2 Å². The lowest BCUT2D eigenvalue weighted by Crippen LogP contribution is -2.30. The Labute approximate surface area is 167 Å². The molecule has 0 bridgehead atoms. The molecule has 3 nitrogen and oxygen atoms in total. The van der Waals surface area contributed by atoms with Crippen molar-refractivity contribution in [2.24, 2.45) is 0 Å². The number of hydrogen-bond donors (Lipinski definition) is 0. The van der Waals surface area contributed by atoms with Crippen molar-refractivity contribution in [3.05, 3.63) is 108 Å². The fourth-order valence-corrected chi connectivity index (χ4v) is 4.64. The lowest BCUT2D eigenvalue weighted by atomic mass is 10.1. The summed E-state index contributed by atoms with van der Waals surface area (Å²) in [6.45, 7) is 0.0518. The molecule has 0 aliphatic rings. The summed E-state index contributed by atoms with van der Waals surface area (Å²) in [6.07, 6.45) is 0. The van der Waals surface area contributed by atoms with E-state index in [0.29, 0.717) is 11.8 Å². The number of sulfonamides is 1. The van der Waals surface area contributed by atoms with Crippen LogP contribution in [0, 0.1) is 11.6 Å². The number of hydrogen-bond acceptors (Lipinski definition) is 2. The van der Waals surface area contributed by atoms with Crippen molar-refractivity contribution in [1.82, 2.24) is 0 Å². The van der Waals surface area contributed by atoms with Gasteiger partial charge in [0.25, 0.3) is 10.0 Å². The summed E-state index contributed by atoms with van der Waals surface area (Å²) in [5.74, 6) is -2.30. The van der Waals surface area contributed by atoms with E-state index in [9.17, 15) is 17.2 Å². The predicted molar refractivity (Wildman–Crippen MR) is 110 cm³/mol. The molecular weight excluding hydrogens is 392 g/mol. The Morgan fingerprint density at radius 3 is 2.10 bits per heavy atom. The van der Waals surface area contributed by atoms with Gasteiger partial charge in [-0.3, -0.25) is 4.31 Å². The molecule has 0 aliphatic heterocycles. The summed E-state index contributed by atoms with van der Waals surface area (Å²) >= 11 is 0. The van der Waals surface area contributed by atoms with E-state index in [-0.39, 0.29) is 11.4 Å². The standard InChI is InChI=1S/C23H17F2NO2S/c24-22-13-12-21(15-23(22)25)29(27,28)26(20-8-2-1-3-9-20)16-17-10-11-18-6-4-5-7-19(18)14-17/h1-15H,16H2. The number of anilines is 1. The largest absolute Gasteiger partial charge is 0.264 e. The molecule has 4 rings (SSSR count). The molecule has 6 heteroatoms. The molecule has 0 spiro atoms. The molecule has 0 fully saturated rings. The average Bonchev–Trinajstić information content (AvgIpc) is 2.74. The summed E-state index contributed by atoms with van der Waals surface area (Å²) in [6, 6.07) is 24.7. The van der Waals surface area contributed by atoms with Gasteiger partial charge in [-0.15, -0.1) is 0 Å².